The standard InChI is InChI=1S/C28H30FN5O3/c1-4-19-9-10-22(29)24(14-19)33-28-21-15-25(32-27(35)8-7-12-34(5-2)6-3)26(16-23(21)30-18-31-28)37-20-11-13-36-17-20/h1,7-10,14-16,18,20H,5-6,11-13,17H2,2-3H3,(H,32,35)(H,30,31,33)/b8-7+/t20-/m0/s1. The van der Waals surface area contributed by atoms with Crippen LogP contribution in [0.4, 0.5) is 21.6 Å². The summed E-state index contributed by atoms with van der Waals surface area (Å²) in [6.45, 7) is 7.70. The number of likely N-dealkylation sites (N-methyl/N-ethyl adjacent to an activating group) is 1. The molecular weight excluding hydrogens is 473 g/mol. The summed E-state index contributed by atoms with van der Waals surface area (Å²) in [4.78, 5) is 23.6. The predicted octanol–water partition coefficient (Wildman–Crippen LogP) is 4.50. The molecule has 37 heavy (non-hydrogen) atoms. The fraction of sp³-hybridized carbons (Fsp3) is 0.321. The number of ether oxygens (including phenoxy) is 2. The zero-order valence-electron chi connectivity index (χ0n) is 21.0. The first-order valence-corrected chi connectivity index (χ1v) is 12.3. The Bertz CT molecular complexity index is 1330. The molecule has 1 aromatic heterocycles. The molecule has 2 heterocycles. The van der Waals surface area contributed by atoms with Gasteiger partial charge in [-0.1, -0.05) is 25.8 Å². The molecule has 3 aromatic rings. The summed E-state index contributed by atoms with van der Waals surface area (Å²) in [7, 11) is 0. The minimum absolute atomic E-state index is 0.133. The number of carbonyl (C=O) groups is 1. The normalized spacial score (nSPS) is 15.3. The Balaban J connectivity index is 1.67. The third-order valence-electron chi connectivity index (χ3n) is 6.09. The van der Waals surface area contributed by atoms with Gasteiger partial charge >= 0.3 is 0 Å². The van der Waals surface area contributed by atoms with Crippen molar-refractivity contribution in [3.05, 3.63) is 60.2 Å². The molecular formula is C28H30FN5O3. The largest absolute Gasteiger partial charge is 0.486 e. The van der Waals surface area contributed by atoms with E-state index in [4.69, 9.17) is 15.9 Å². The molecule has 0 spiro atoms. The first kappa shape index (κ1) is 26.1. The van der Waals surface area contributed by atoms with E-state index in [1.165, 1.54) is 30.6 Å². The summed E-state index contributed by atoms with van der Waals surface area (Å²) in [6.07, 6.45) is 10.8. The lowest BCUT2D eigenvalue weighted by atomic mass is 10.1. The molecule has 1 aliphatic rings. The second-order valence-electron chi connectivity index (χ2n) is 8.53. The van der Waals surface area contributed by atoms with Gasteiger partial charge in [-0.2, -0.15) is 0 Å². The van der Waals surface area contributed by atoms with Crippen molar-refractivity contribution in [2.24, 2.45) is 0 Å². The number of rotatable bonds is 10. The van der Waals surface area contributed by atoms with E-state index in [1.54, 1.807) is 12.1 Å². The van der Waals surface area contributed by atoms with Crippen molar-refractivity contribution in [1.82, 2.24) is 14.9 Å². The number of aromatic nitrogens is 2. The number of benzene rings is 2. The molecule has 0 radical (unpaired) electrons. The topological polar surface area (TPSA) is 88.6 Å². The van der Waals surface area contributed by atoms with Gasteiger partial charge in [0.2, 0.25) is 5.91 Å². The van der Waals surface area contributed by atoms with Gasteiger partial charge in [-0.3, -0.25) is 4.79 Å². The van der Waals surface area contributed by atoms with E-state index >= 15 is 0 Å². The molecule has 1 saturated heterocycles. The lowest BCUT2D eigenvalue weighted by molar-refractivity contribution is -0.111. The molecule has 192 valence electrons. The Morgan fingerprint density at radius 2 is 2.11 bits per heavy atom. The van der Waals surface area contributed by atoms with Gasteiger partial charge in [0.15, 0.2) is 0 Å². The highest BCUT2D eigenvalue weighted by molar-refractivity contribution is 6.03. The molecule has 1 aliphatic heterocycles. The molecule has 8 nitrogen and oxygen atoms in total. The van der Waals surface area contributed by atoms with E-state index < -0.39 is 5.82 Å². The van der Waals surface area contributed by atoms with Crippen molar-refractivity contribution in [1.29, 1.82) is 0 Å². The summed E-state index contributed by atoms with van der Waals surface area (Å²) in [5, 5.41) is 6.50. The molecule has 9 heteroatoms. The van der Waals surface area contributed by atoms with E-state index in [-0.39, 0.29) is 17.7 Å². The fourth-order valence-electron chi connectivity index (χ4n) is 3.97. The van der Waals surface area contributed by atoms with E-state index in [9.17, 15) is 9.18 Å². The second-order valence-corrected chi connectivity index (χ2v) is 8.53. The summed E-state index contributed by atoms with van der Waals surface area (Å²) >= 11 is 0. The molecule has 0 aliphatic carbocycles. The number of halogens is 1. The number of hydrogen-bond acceptors (Lipinski definition) is 7. The molecule has 2 aromatic carbocycles. The van der Waals surface area contributed by atoms with Crippen LogP contribution in [-0.4, -0.2) is 59.7 Å². The summed E-state index contributed by atoms with van der Waals surface area (Å²) in [6, 6.07) is 7.82. The number of terminal acetylenes is 1. The second kappa shape index (κ2) is 12.3. The average Bonchev–Trinajstić information content (AvgIpc) is 3.42. The van der Waals surface area contributed by atoms with Crippen molar-refractivity contribution in [3.8, 4) is 18.1 Å². The first-order valence-electron chi connectivity index (χ1n) is 12.3. The van der Waals surface area contributed by atoms with Crippen LogP contribution in [0, 0.1) is 18.2 Å². The lowest BCUT2D eigenvalue weighted by Crippen LogP contribution is -2.23. The van der Waals surface area contributed by atoms with Gasteiger partial charge in [-0.05, 0) is 37.4 Å². The van der Waals surface area contributed by atoms with Gasteiger partial charge in [0.25, 0.3) is 0 Å². The number of carbonyl (C=O) groups excluding carboxylic acids is 1. The molecule has 2 N–H and O–H groups in total. The average molecular weight is 504 g/mol. The van der Waals surface area contributed by atoms with Crippen LogP contribution in [0.25, 0.3) is 10.9 Å². The summed E-state index contributed by atoms with van der Waals surface area (Å²) < 4.78 is 26.1. The Morgan fingerprint density at radius 3 is 2.84 bits per heavy atom. The predicted molar refractivity (Wildman–Crippen MR) is 143 cm³/mol. The minimum Gasteiger partial charge on any atom is -0.486 e. The van der Waals surface area contributed by atoms with Crippen molar-refractivity contribution in [2.75, 3.05) is 43.5 Å². The Morgan fingerprint density at radius 1 is 1.27 bits per heavy atom. The Kier molecular flexibility index (Phi) is 8.67. The highest BCUT2D eigenvalue weighted by Crippen LogP contribution is 2.35. The van der Waals surface area contributed by atoms with Crippen LogP contribution in [0.15, 0.2) is 48.8 Å². The van der Waals surface area contributed by atoms with Crippen molar-refractivity contribution in [3.63, 3.8) is 0 Å². The maximum atomic E-state index is 14.5. The Labute approximate surface area is 215 Å². The lowest BCUT2D eigenvalue weighted by Gasteiger charge is -2.18. The molecule has 0 unspecified atom stereocenters. The zero-order chi connectivity index (χ0) is 26.2. The maximum absolute atomic E-state index is 14.5. The minimum atomic E-state index is -0.473. The van der Waals surface area contributed by atoms with E-state index in [1.807, 2.05) is 6.08 Å². The zero-order valence-corrected chi connectivity index (χ0v) is 21.0. The van der Waals surface area contributed by atoms with Crippen LogP contribution in [0.1, 0.15) is 25.8 Å². The van der Waals surface area contributed by atoms with Crippen LogP contribution in [-0.2, 0) is 9.53 Å². The van der Waals surface area contributed by atoms with Crippen molar-refractivity contribution >= 4 is 34.0 Å². The number of nitrogens with one attached hydrogen (secondary N) is 2. The van der Waals surface area contributed by atoms with E-state index in [2.05, 4.69) is 45.3 Å². The molecule has 1 amide bonds. The number of hydrogen-bond donors (Lipinski definition) is 2. The third-order valence-corrected chi connectivity index (χ3v) is 6.09. The van der Waals surface area contributed by atoms with Crippen molar-refractivity contribution < 1.29 is 18.7 Å². The number of amides is 1. The van der Waals surface area contributed by atoms with Crippen LogP contribution in [0.2, 0.25) is 0 Å². The van der Waals surface area contributed by atoms with Gasteiger partial charge in [0.1, 0.15) is 29.8 Å². The van der Waals surface area contributed by atoms with Gasteiger partial charge in [0.05, 0.1) is 30.1 Å². The summed E-state index contributed by atoms with van der Waals surface area (Å²) in [5.74, 6) is 2.56. The smallest absolute Gasteiger partial charge is 0.248 e. The van der Waals surface area contributed by atoms with Crippen molar-refractivity contribution in [2.45, 2.75) is 26.4 Å². The number of nitrogens with zero attached hydrogens (tertiary/aromatic N) is 3. The van der Waals surface area contributed by atoms with Gasteiger partial charge < -0.3 is 25.0 Å². The van der Waals surface area contributed by atoms with Gasteiger partial charge in [-0.15, -0.1) is 6.42 Å². The van der Waals surface area contributed by atoms with Crippen LogP contribution >= 0.6 is 0 Å². The SMILES string of the molecule is C#Cc1ccc(F)c(Nc2ncnc3cc(O[C@H]4CCOC4)c(NC(=O)/C=C/CN(CC)CC)cc23)c1. The van der Waals surface area contributed by atoms with Gasteiger partial charge in [0, 0.05) is 36.1 Å². The van der Waals surface area contributed by atoms with Gasteiger partial charge in [-0.25, -0.2) is 14.4 Å². The number of anilines is 3. The first-order chi connectivity index (χ1) is 18.0. The maximum Gasteiger partial charge on any atom is 0.248 e. The molecule has 4 rings (SSSR count). The fourth-order valence-corrected chi connectivity index (χ4v) is 3.97. The highest BCUT2D eigenvalue weighted by Gasteiger charge is 2.21. The molecule has 0 bridgehead atoms. The van der Waals surface area contributed by atoms with Crippen LogP contribution in [0.3, 0.4) is 0 Å². The molecule has 1 fully saturated rings. The van der Waals surface area contributed by atoms with E-state index in [0.717, 1.165) is 19.5 Å². The van der Waals surface area contributed by atoms with Crippen LogP contribution in [0.5, 0.6) is 5.75 Å². The Hall–Kier alpha value is -4.00. The monoisotopic (exact) mass is 503 g/mol. The van der Waals surface area contributed by atoms with Crippen LogP contribution < -0.4 is 15.4 Å². The third kappa shape index (κ3) is 6.61. The number of fused-ring (bicyclic) bond motifs is 1. The summed E-state index contributed by atoms with van der Waals surface area (Å²) in [5.41, 5.74) is 1.73. The van der Waals surface area contributed by atoms with E-state index in [0.29, 0.717) is 53.5 Å². The highest BCUT2D eigenvalue weighted by atomic mass is 19.1. The quantitative estimate of drug-likeness (QED) is 0.311. The molecule has 1 atom stereocenters. The molecule has 0 saturated carbocycles.